The highest BCUT2D eigenvalue weighted by Gasteiger charge is 2.22. The molecule has 4 nitrogen and oxygen atoms in total. The summed E-state index contributed by atoms with van der Waals surface area (Å²) in [5.41, 5.74) is 3.73. The number of carbonyl (C=O) groups is 1. The van der Waals surface area contributed by atoms with Gasteiger partial charge in [0.05, 0.1) is 17.5 Å². The smallest absolute Gasteiger partial charge is 0.263 e. The summed E-state index contributed by atoms with van der Waals surface area (Å²) in [6, 6.07) is 15.9. The summed E-state index contributed by atoms with van der Waals surface area (Å²) in [6.45, 7) is 0. The Hall–Kier alpha value is -2.70. The fraction of sp³-hybridized carbons (Fsp3) is 0.0500. The average molecular weight is 378 g/mol. The Morgan fingerprint density at radius 3 is 2.81 bits per heavy atom. The molecule has 6 heteroatoms. The molecular formula is C20H14N2O2S2. The van der Waals surface area contributed by atoms with Gasteiger partial charge in [0.1, 0.15) is 10.1 Å². The molecule has 0 saturated carbocycles. The minimum absolute atomic E-state index is 0.162. The molecule has 2 aromatic carbocycles. The van der Waals surface area contributed by atoms with Crippen LogP contribution in [0.1, 0.15) is 5.56 Å². The molecule has 0 aliphatic carbocycles. The minimum atomic E-state index is -0.162. The SMILES string of the molecule is COc1ccc(C=C2SC(=S)NC2=O)cc1-c1cnc2ccccc2c1. The van der Waals surface area contributed by atoms with Crippen molar-refractivity contribution >= 4 is 51.2 Å². The van der Waals surface area contributed by atoms with E-state index in [9.17, 15) is 4.79 Å². The number of thiocarbonyl (C=S) groups is 1. The van der Waals surface area contributed by atoms with Crippen LogP contribution in [0.4, 0.5) is 0 Å². The standard InChI is InChI=1S/C20H14N2O2S2/c1-24-17-7-6-12(9-18-19(23)22-20(25)26-18)8-15(17)14-10-13-4-2-3-5-16(13)21-11-14/h2-11H,1H3,(H,22,23,25). The number of amides is 1. The second-order valence-electron chi connectivity index (χ2n) is 5.73. The monoisotopic (exact) mass is 378 g/mol. The van der Waals surface area contributed by atoms with Gasteiger partial charge in [-0.05, 0) is 35.9 Å². The molecule has 1 aliphatic rings. The van der Waals surface area contributed by atoms with Gasteiger partial charge in [0, 0.05) is 22.7 Å². The zero-order chi connectivity index (χ0) is 18.1. The van der Waals surface area contributed by atoms with E-state index in [4.69, 9.17) is 17.0 Å². The number of rotatable bonds is 3. The summed E-state index contributed by atoms with van der Waals surface area (Å²) in [6.07, 6.45) is 3.67. The third-order valence-electron chi connectivity index (χ3n) is 4.06. The van der Waals surface area contributed by atoms with Crippen molar-refractivity contribution in [2.45, 2.75) is 0 Å². The number of para-hydroxylation sites is 1. The van der Waals surface area contributed by atoms with Gasteiger partial charge < -0.3 is 10.1 Å². The first kappa shape index (κ1) is 16.8. The van der Waals surface area contributed by atoms with Crippen LogP contribution in [0.15, 0.2) is 59.6 Å². The van der Waals surface area contributed by atoms with Gasteiger partial charge in [-0.3, -0.25) is 9.78 Å². The maximum Gasteiger partial charge on any atom is 0.263 e. The number of fused-ring (bicyclic) bond motifs is 1. The Labute approximate surface area is 160 Å². The first-order valence-electron chi connectivity index (χ1n) is 7.92. The lowest BCUT2D eigenvalue weighted by atomic mass is 10.0. The lowest BCUT2D eigenvalue weighted by molar-refractivity contribution is -0.115. The van der Waals surface area contributed by atoms with Crippen molar-refractivity contribution in [2.75, 3.05) is 7.11 Å². The molecule has 2 heterocycles. The summed E-state index contributed by atoms with van der Waals surface area (Å²) in [5, 5.41) is 3.69. The van der Waals surface area contributed by atoms with Crippen LogP contribution in [0.3, 0.4) is 0 Å². The molecule has 0 radical (unpaired) electrons. The summed E-state index contributed by atoms with van der Waals surface area (Å²) < 4.78 is 6.00. The van der Waals surface area contributed by atoms with Gasteiger partial charge in [-0.15, -0.1) is 0 Å². The quantitative estimate of drug-likeness (QED) is 0.541. The largest absolute Gasteiger partial charge is 0.496 e. The fourth-order valence-corrected chi connectivity index (χ4v) is 3.88. The predicted molar refractivity (Wildman–Crippen MR) is 110 cm³/mol. The summed E-state index contributed by atoms with van der Waals surface area (Å²) in [4.78, 5) is 17.0. The molecular weight excluding hydrogens is 364 g/mol. The van der Waals surface area contributed by atoms with E-state index in [1.807, 2.05) is 54.7 Å². The van der Waals surface area contributed by atoms with Crippen molar-refractivity contribution in [1.29, 1.82) is 0 Å². The molecule has 128 valence electrons. The lowest BCUT2D eigenvalue weighted by Gasteiger charge is -2.10. The number of thioether (sulfide) groups is 1. The zero-order valence-electron chi connectivity index (χ0n) is 13.9. The minimum Gasteiger partial charge on any atom is -0.496 e. The molecule has 4 rings (SSSR count). The second kappa shape index (κ2) is 6.90. The van der Waals surface area contributed by atoms with E-state index in [1.165, 1.54) is 11.8 Å². The van der Waals surface area contributed by atoms with Crippen LogP contribution in [0.5, 0.6) is 5.75 Å². The number of carbonyl (C=O) groups excluding carboxylic acids is 1. The number of hydrogen-bond acceptors (Lipinski definition) is 5. The zero-order valence-corrected chi connectivity index (χ0v) is 15.5. The van der Waals surface area contributed by atoms with Crippen molar-refractivity contribution in [3.05, 3.63) is 65.2 Å². The number of nitrogens with one attached hydrogen (secondary N) is 1. The third kappa shape index (κ3) is 3.21. The molecule has 3 aromatic rings. The summed E-state index contributed by atoms with van der Waals surface area (Å²) in [7, 11) is 1.64. The van der Waals surface area contributed by atoms with E-state index in [-0.39, 0.29) is 5.91 Å². The average Bonchev–Trinajstić information content (AvgIpc) is 2.98. The number of benzene rings is 2. The van der Waals surface area contributed by atoms with Crippen LogP contribution in [-0.4, -0.2) is 22.3 Å². The Balaban J connectivity index is 1.80. The molecule has 1 N–H and O–H groups in total. The number of aromatic nitrogens is 1. The predicted octanol–water partition coefficient (Wildman–Crippen LogP) is 4.40. The topological polar surface area (TPSA) is 51.2 Å². The maximum atomic E-state index is 11.9. The van der Waals surface area contributed by atoms with Crippen LogP contribution >= 0.6 is 24.0 Å². The molecule has 1 saturated heterocycles. The number of pyridine rings is 1. The Morgan fingerprint density at radius 1 is 1.19 bits per heavy atom. The number of hydrogen-bond donors (Lipinski definition) is 1. The molecule has 0 atom stereocenters. The molecule has 26 heavy (non-hydrogen) atoms. The molecule has 1 aromatic heterocycles. The molecule has 1 amide bonds. The molecule has 1 aliphatic heterocycles. The van der Waals surface area contributed by atoms with Crippen molar-refractivity contribution in [3.8, 4) is 16.9 Å². The van der Waals surface area contributed by atoms with E-state index in [0.717, 1.165) is 33.3 Å². The maximum absolute atomic E-state index is 11.9. The second-order valence-corrected chi connectivity index (χ2v) is 7.45. The summed E-state index contributed by atoms with van der Waals surface area (Å²) >= 11 is 6.31. The lowest BCUT2D eigenvalue weighted by Crippen LogP contribution is -2.17. The Morgan fingerprint density at radius 2 is 2.04 bits per heavy atom. The van der Waals surface area contributed by atoms with E-state index < -0.39 is 0 Å². The molecule has 0 bridgehead atoms. The van der Waals surface area contributed by atoms with Crippen molar-refractivity contribution in [2.24, 2.45) is 0 Å². The Bertz CT molecular complexity index is 1080. The van der Waals surface area contributed by atoms with Crippen LogP contribution in [0.25, 0.3) is 28.1 Å². The first-order valence-corrected chi connectivity index (χ1v) is 9.14. The number of nitrogens with zero attached hydrogens (tertiary/aromatic N) is 1. The van der Waals surface area contributed by atoms with Crippen molar-refractivity contribution in [3.63, 3.8) is 0 Å². The highest BCUT2D eigenvalue weighted by molar-refractivity contribution is 8.26. The van der Waals surface area contributed by atoms with Gasteiger partial charge in [0.25, 0.3) is 5.91 Å². The van der Waals surface area contributed by atoms with Crippen molar-refractivity contribution < 1.29 is 9.53 Å². The fourth-order valence-electron chi connectivity index (χ4n) is 2.83. The highest BCUT2D eigenvalue weighted by Crippen LogP contribution is 2.34. The van der Waals surface area contributed by atoms with Gasteiger partial charge in [-0.1, -0.05) is 48.2 Å². The molecule has 0 unspecified atom stereocenters. The van der Waals surface area contributed by atoms with E-state index >= 15 is 0 Å². The normalized spacial score (nSPS) is 15.5. The van der Waals surface area contributed by atoms with Crippen LogP contribution in [0, 0.1) is 0 Å². The third-order valence-corrected chi connectivity index (χ3v) is 5.23. The van der Waals surface area contributed by atoms with Crippen LogP contribution < -0.4 is 10.1 Å². The Kier molecular flexibility index (Phi) is 4.44. The van der Waals surface area contributed by atoms with Gasteiger partial charge in [0.15, 0.2) is 0 Å². The van der Waals surface area contributed by atoms with Crippen LogP contribution in [0.2, 0.25) is 0 Å². The molecule has 0 spiro atoms. The highest BCUT2D eigenvalue weighted by atomic mass is 32.2. The summed E-state index contributed by atoms with van der Waals surface area (Å²) in [5.74, 6) is 0.591. The first-order chi connectivity index (χ1) is 12.6. The van der Waals surface area contributed by atoms with Gasteiger partial charge >= 0.3 is 0 Å². The van der Waals surface area contributed by atoms with E-state index in [0.29, 0.717) is 9.23 Å². The van der Waals surface area contributed by atoms with Gasteiger partial charge in [-0.25, -0.2) is 0 Å². The number of methoxy groups -OCH3 is 1. The van der Waals surface area contributed by atoms with Crippen molar-refractivity contribution in [1.82, 2.24) is 10.3 Å². The van der Waals surface area contributed by atoms with E-state index in [2.05, 4.69) is 16.4 Å². The van der Waals surface area contributed by atoms with Gasteiger partial charge in [-0.2, -0.15) is 0 Å². The van der Waals surface area contributed by atoms with Crippen LogP contribution in [-0.2, 0) is 4.79 Å². The van der Waals surface area contributed by atoms with E-state index in [1.54, 1.807) is 7.11 Å². The van der Waals surface area contributed by atoms with Gasteiger partial charge in [0.2, 0.25) is 0 Å². The molecule has 1 fully saturated rings. The number of ether oxygens (including phenoxy) is 1.